The second-order valence-corrected chi connectivity index (χ2v) is 15.0. The molecule has 2 aromatic rings. The van der Waals surface area contributed by atoms with Gasteiger partial charge in [-0.2, -0.15) is 5.26 Å². The molecule has 0 unspecified atom stereocenters. The van der Waals surface area contributed by atoms with E-state index in [4.69, 9.17) is 9.15 Å². The number of rotatable bonds is 5. The van der Waals surface area contributed by atoms with Crippen LogP contribution in [0, 0.1) is 40.4 Å². The molecular formula is C32H37FN8O5. The molecule has 3 amide bonds. The zero-order valence-electron chi connectivity index (χ0n) is 26.0. The van der Waals surface area contributed by atoms with Gasteiger partial charge in [0.2, 0.25) is 23.3 Å². The molecule has 0 radical (unpaired) electrons. The fourth-order valence-corrected chi connectivity index (χ4v) is 8.65. The van der Waals surface area contributed by atoms with Gasteiger partial charge in [-0.05, 0) is 66.9 Å². The van der Waals surface area contributed by atoms with Crippen LogP contribution in [-0.2, 0) is 14.4 Å². The molecular weight excluding hydrogens is 595 g/mol. The van der Waals surface area contributed by atoms with Crippen LogP contribution < -0.4 is 15.4 Å². The van der Waals surface area contributed by atoms with Crippen molar-refractivity contribution in [2.24, 2.45) is 29.1 Å². The number of amides is 3. The zero-order valence-corrected chi connectivity index (χ0v) is 26.0. The molecule has 13 nitrogen and oxygen atoms in total. The number of hydrogen-bond acceptors (Lipinski definition) is 10. The Labute approximate surface area is 265 Å². The highest BCUT2D eigenvalue weighted by Crippen LogP contribution is 2.59. The van der Waals surface area contributed by atoms with E-state index in [0.29, 0.717) is 31.0 Å². The summed E-state index contributed by atoms with van der Waals surface area (Å²) in [6.45, 7) is 5.87. The predicted molar refractivity (Wildman–Crippen MR) is 159 cm³/mol. The van der Waals surface area contributed by atoms with Gasteiger partial charge in [0.1, 0.15) is 24.3 Å². The third-order valence-electron chi connectivity index (χ3n) is 11.0. The number of alkyl halides is 1. The van der Waals surface area contributed by atoms with Crippen LogP contribution in [0.25, 0.3) is 0 Å². The lowest BCUT2D eigenvalue weighted by Gasteiger charge is -2.38. The van der Waals surface area contributed by atoms with Gasteiger partial charge in [-0.3, -0.25) is 14.4 Å². The summed E-state index contributed by atoms with van der Waals surface area (Å²) in [6, 6.07) is 2.87. The van der Waals surface area contributed by atoms with Crippen LogP contribution >= 0.6 is 0 Å². The Hall–Kier alpha value is -4.28. The average Bonchev–Trinajstić information content (AvgIpc) is 3.37. The van der Waals surface area contributed by atoms with Gasteiger partial charge in [-0.25, -0.2) is 9.37 Å². The minimum atomic E-state index is -1.50. The number of fused-ring (bicyclic) bond motifs is 6. The maximum absolute atomic E-state index is 15.3. The molecule has 9 atom stereocenters. The maximum atomic E-state index is 15.3. The topological polar surface area (TPSA) is 167 Å². The van der Waals surface area contributed by atoms with Gasteiger partial charge in [0.05, 0.1) is 12.6 Å². The van der Waals surface area contributed by atoms with E-state index >= 15 is 4.39 Å². The number of pyridine rings is 1. The first kappa shape index (κ1) is 29.1. The van der Waals surface area contributed by atoms with Gasteiger partial charge in [0, 0.05) is 25.1 Å². The fourth-order valence-electron chi connectivity index (χ4n) is 8.65. The number of nitrogens with one attached hydrogen (secondary N) is 2. The van der Waals surface area contributed by atoms with Crippen molar-refractivity contribution in [1.29, 1.82) is 5.26 Å². The normalized spacial score (nSPS) is 34.9. The third kappa shape index (κ3) is 4.45. The van der Waals surface area contributed by atoms with Gasteiger partial charge in [-0.15, -0.1) is 5.10 Å². The van der Waals surface area contributed by atoms with Crippen molar-refractivity contribution in [3.63, 3.8) is 0 Å². The SMILES string of the molecule is CC(C)(C)[C@H](Nc1nnc(C2CC2)o1)C(=O)N1C[C@@H]2[C@H]3C[C@@H]([C@@H]2[C@H]1C(=O)N1C[C@@]2(C[C@H]1C#N)Oc1cccnc1NC2=O)[C@H](F)C3. The summed E-state index contributed by atoms with van der Waals surface area (Å²) in [5.41, 5.74) is -2.12. The van der Waals surface area contributed by atoms with Crippen molar-refractivity contribution >= 4 is 29.6 Å². The minimum absolute atomic E-state index is 0.0373. The monoisotopic (exact) mass is 632 g/mol. The van der Waals surface area contributed by atoms with E-state index in [2.05, 4.69) is 31.9 Å². The van der Waals surface area contributed by atoms with Crippen LogP contribution in [0.4, 0.5) is 16.2 Å². The van der Waals surface area contributed by atoms with E-state index < -0.39 is 53.0 Å². The Morgan fingerprint density at radius 1 is 1.22 bits per heavy atom. The number of ether oxygens (including phenoxy) is 1. The number of anilines is 2. The lowest BCUT2D eigenvalue weighted by molar-refractivity contribution is -0.148. The number of halogens is 1. The van der Waals surface area contributed by atoms with E-state index in [-0.39, 0.29) is 54.4 Å². The summed E-state index contributed by atoms with van der Waals surface area (Å²) in [5.74, 6) is -0.581. The summed E-state index contributed by atoms with van der Waals surface area (Å²) in [7, 11) is 0. The average molecular weight is 633 g/mol. The number of hydrogen-bond donors (Lipinski definition) is 2. The fraction of sp³-hybridized carbons (Fsp3) is 0.656. The highest BCUT2D eigenvalue weighted by molar-refractivity contribution is 6.01. The number of aromatic nitrogens is 3. The van der Waals surface area contributed by atoms with Crippen molar-refractivity contribution in [3.05, 3.63) is 24.2 Å². The molecule has 242 valence electrons. The first-order chi connectivity index (χ1) is 22.0. The summed E-state index contributed by atoms with van der Waals surface area (Å²) in [6.07, 6.45) is 3.50. The second-order valence-electron chi connectivity index (χ2n) is 15.0. The van der Waals surface area contributed by atoms with Crippen LogP contribution in [0.5, 0.6) is 5.75 Å². The van der Waals surface area contributed by atoms with E-state index in [9.17, 15) is 19.6 Å². The summed E-state index contributed by atoms with van der Waals surface area (Å²) < 4.78 is 27.3. The number of nitrogens with zero attached hydrogens (tertiary/aromatic N) is 6. The zero-order chi connectivity index (χ0) is 32.1. The van der Waals surface area contributed by atoms with Crippen molar-refractivity contribution in [2.45, 2.75) is 88.7 Å². The standard InChI is InChI=1S/C32H37FN8O5/c1-31(2,3)24(36-30-39-38-26(45-30)15-6-7-15)28(43)40-13-19-16-9-18(20(33)10-16)22(19)23(40)27(42)41-14-32(11-17(41)12-34)29(44)37-25-21(46-32)5-4-8-35-25/h4-5,8,15-20,22-24H,6-7,9-11,13-14H2,1-3H3,(H,36,39)(H,35,37,44)/t16-,17-,18+,19+,20+,22-,23-,24+,32+/m0/s1. The first-order valence-corrected chi connectivity index (χ1v) is 16.2. The third-order valence-corrected chi connectivity index (χ3v) is 11.0. The highest BCUT2D eigenvalue weighted by Gasteiger charge is 2.65. The summed E-state index contributed by atoms with van der Waals surface area (Å²) in [5, 5.41) is 24.4. The predicted octanol–water partition coefficient (Wildman–Crippen LogP) is 2.88. The maximum Gasteiger partial charge on any atom is 0.316 e. The van der Waals surface area contributed by atoms with Crippen molar-refractivity contribution in [3.8, 4) is 11.8 Å². The van der Waals surface area contributed by atoms with Gasteiger partial charge in [-0.1, -0.05) is 25.9 Å². The van der Waals surface area contributed by atoms with E-state index in [1.54, 1.807) is 17.0 Å². The Morgan fingerprint density at radius 3 is 2.76 bits per heavy atom. The minimum Gasteiger partial charge on any atom is -0.472 e. The lowest BCUT2D eigenvalue weighted by Crippen LogP contribution is -2.58. The molecule has 5 heterocycles. The molecule has 2 N–H and O–H groups in total. The molecule has 0 aromatic carbocycles. The molecule has 5 fully saturated rings. The van der Waals surface area contributed by atoms with Crippen molar-refractivity contribution in [2.75, 3.05) is 23.7 Å². The van der Waals surface area contributed by atoms with Crippen molar-refractivity contribution in [1.82, 2.24) is 25.0 Å². The molecule has 14 heteroatoms. The molecule has 3 saturated carbocycles. The smallest absolute Gasteiger partial charge is 0.316 e. The van der Waals surface area contributed by atoms with Crippen LogP contribution in [0.2, 0.25) is 0 Å². The van der Waals surface area contributed by atoms with Gasteiger partial charge in [0.25, 0.3) is 5.91 Å². The molecule has 2 saturated heterocycles. The van der Waals surface area contributed by atoms with E-state index in [1.807, 2.05) is 20.8 Å². The number of nitriles is 1. The van der Waals surface area contributed by atoms with Gasteiger partial charge >= 0.3 is 6.01 Å². The molecule has 2 bridgehead atoms. The van der Waals surface area contributed by atoms with Crippen molar-refractivity contribution < 1.29 is 27.9 Å². The molecule has 8 rings (SSSR count). The molecule has 3 aliphatic heterocycles. The Kier molecular flexibility index (Phi) is 6.40. The lowest BCUT2D eigenvalue weighted by atomic mass is 9.77. The molecule has 1 spiro atoms. The summed E-state index contributed by atoms with van der Waals surface area (Å²) in [4.78, 5) is 49.9. The largest absolute Gasteiger partial charge is 0.472 e. The van der Waals surface area contributed by atoms with Crippen LogP contribution in [0.15, 0.2) is 22.7 Å². The van der Waals surface area contributed by atoms with Crippen LogP contribution in [0.1, 0.15) is 64.7 Å². The van der Waals surface area contributed by atoms with E-state index in [0.717, 1.165) is 12.8 Å². The number of carbonyl (C=O) groups is 3. The van der Waals surface area contributed by atoms with Crippen LogP contribution in [-0.4, -0.2) is 85.7 Å². The van der Waals surface area contributed by atoms with Crippen LogP contribution in [0.3, 0.4) is 0 Å². The molecule has 2 aromatic heterocycles. The molecule has 6 aliphatic rings. The Bertz CT molecular complexity index is 1650. The Morgan fingerprint density at radius 2 is 2.02 bits per heavy atom. The number of carbonyl (C=O) groups excluding carboxylic acids is 3. The highest BCUT2D eigenvalue weighted by atomic mass is 19.1. The number of likely N-dealkylation sites (tertiary alicyclic amines) is 2. The second kappa shape index (κ2) is 10.1. The Balaban J connectivity index is 1.12. The summed E-state index contributed by atoms with van der Waals surface area (Å²) >= 11 is 0. The van der Waals surface area contributed by atoms with Gasteiger partial charge < -0.3 is 29.6 Å². The first-order valence-electron chi connectivity index (χ1n) is 16.2. The quantitative estimate of drug-likeness (QED) is 0.500. The van der Waals surface area contributed by atoms with Gasteiger partial charge in [0.15, 0.2) is 11.6 Å². The molecule has 3 aliphatic carbocycles. The molecule has 46 heavy (non-hydrogen) atoms. The van der Waals surface area contributed by atoms with E-state index in [1.165, 1.54) is 11.1 Å².